The molecule has 0 spiro atoms. The largest absolute Gasteiger partial charge is 0.412 e. The topological polar surface area (TPSA) is 230 Å². The molecule has 0 aliphatic carbocycles. The fourth-order valence-electron chi connectivity index (χ4n) is 0.642. The van der Waals surface area contributed by atoms with E-state index in [1.807, 2.05) is 0 Å². The first kappa shape index (κ1) is 20.0. The minimum Gasteiger partial charge on any atom is -0.412 e. The molecule has 16 heavy (non-hydrogen) atoms. The SMILES string of the molecule is Nc1nnc(-c2nnc(N)s2)s1.O.O.O.O. The molecule has 2 heterocycles. The van der Waals surface area contributed by atoms with Gasteiger partial charge in [0.05, 0.1) is 0 Å². The van der Waals surface area contributed by atoms with Gasteiger partial charge in [-0.05, 0) is 0 Å². The highest BCUT2D eigenvalue weighted by Gasteiger charge is 2.09. The summed E-state index contributed by atoms with van der Waals surface area (Å²) in [5, 5.41) is 17.0. The molecule has 12 heteroatoms. The first-order valence-corrected chi connectivity index (χ1v) is 4.57. The summed E-state index contributed by atoms with van der Waals surface area (Å²) in [5.41, 5.74) is 10.8. The van der Waals surface area contributed by atoms with Crippen LogP contribution in [0, 0.1) is 0 Å². The Labute approximate surface area is 97.2 Å². The van der Waals surface area contributed by atoms with Crippen molar-refractivity contribution in [3.63, 3.8) is 0 Å². The van der Waals surface area contributed by atoms with Crippen LogP contribution in [0.1, 0.15) is 0 Å². The Morgan fingerprint density at radius 1 is 0.625 bits per heavy atom. The maximum atomic E-state index is 5.39. The Morgan fingerprint density at radius 2 is 0.938 bits per heavy atom. The van der Waals surface area contributed by atoms with Crippen molar-refractivity contribution < 1.29 is 21.9 Å². The molecule has 0 amide bonds. The van der Waals surface area contributed by atoms with Gasteiger partial charge in [-0.1, -0.05) is 22.7 Å². The van der Waals surface area contributed by atoms with E-state index in [0.29, 0.717) is 20.3 Å². The summed E-state index contributed by atoms with van der Waals surface area (Å²) in [6, 6.07) is 0. The second-order valence-electron chi connectivity index (χ2n) is 1.89. The van der Waals surface area contributed by atoms with Gasteiger partial charge >= 0.3 is 0 Å². The molecule has 2 rings (SSSR count). The van der Waals surface area contributed by atoms with Crippen molar-refractivity contribution in [2.75, 3.05) is 11.5 Å². The maximum absolute atomic E-state index is 5.39. The average Bonchev–Trinajstić information content (AvgIpc) is 2.58. The van der Waals surface area contributed by atoms with Gasteiger partial charge in [0.25, 0.3) is 0 Å². The maximum Gasteiger partial charge on any atom is 0.203 e. The Balaban J connectivity index is -0.000000422. The number of hydrogen-bond donors (Lipinski definition) is 2. The van der Waals surface area contributed by atoms with E-state index in [4.69, 9.17) is 11.5 Å². The molecule has 2 aromatic heterocycles. The third-order valence-corrected chi connectivity index (χ3v) is 2.71. The standard InChI is InChI=1S/C4H4N6S2.4H2O/c5-3-9-7-1(11-3)2-8-10-4(6)12-2;;;;/h(H2,5,9)(H2,6,10);4*1H2. The van der Waals surface area contributed by atoms with Crippen LogP contribution in [-0.2, 0) is 0 Å². The summed E-state index contributed by atoms with van der Waals surface area (Å²) < 4.78 is 0. The monoisotopic (exact) mass is 272 g/mol. The normalized spacial score (nSPS) is 7.75. The van der Waals surface area contributed by atoms with E-state index in [0.717, 1.165) is 0 Å². The predicted octanol–water partition coefficient (Wildman–Crippen LogP) is -3.08. The number of anilines is 2. The third kappa shape index (κ3) is 3.97. The van der Waals surface area contributed by atoms with Crippen molar-refractivity contribution >= 4 is 32.9 Å². The summed E-state index contributed by atoms with van der Waals surface area (Å²) >= 11 is 2.52. The van der Waals surface area contributed by atoms with Crippen molar-refractivity contribution in [2.45, 2.75) is 0 Å². The van der Waals surface area contributed by atoms with Crippen LogP contribution in [0.3, 0.4) is 0 Å². The molecule has 94 valence electrons. The zero-order valence-corrected chi connectivity index (χ0v) is 9.39. The van der Waals surface area contributed by atoms with Crippen molar-refractivity contribution in [3.05, 3.63) is 0 Å². The van der Waals surface area contributed by atoms with Gasteiger partial charge in [-0.2, -0.15) is 0 Å². The number of aromatic nitrogens is 4. The van der Waals surface area contributed by atoms with Crippen LogP contribution in [0.5, 0.6) is 0 Å². The number of rotatable bonds is 1. The van der Waals surface area contributed by atoms with Crippen LogP contribution in [0.2, 0.25) is 0 Å². The van der Waals surface area contributed by atoms with E-state index in [1.54, 1.807) is 0 Å². The van der Waals surface area contributed by atoms with Crippen molar-refractivity contribution in [1.29, 1.82) is 0 Å². The summed E-state index contributed by atoms with van der Waals surface area (Å²) in [6.45, 7) is 0. The second kappa shape index (κ2) is 7.80. The molecule has 0 bridgehead atoms. The molecule has 0 saturated carbocycles. The molecule has 0 atom stereocenters. The number of nitrogens with two attached hydrogens (primary N) is 2. The zero-order valence-electron chi connectivity index (χ0n) is 7.76. The van der Waals surface area contributed by atoms with Gasteiger partial charge in [0.15, 0.2) is 10.0 Å². The number of hydrogen-bond acceptors (Lipinski definition) is 8. The number of nitrogens with zero attached hydrogens (tertiary/aromatic N) is 4. The van der Waals surface area contributed by atoms with Crippen LogP contribution in [0.15, 0.2) is 0 Å². The van der Waals surface area contributed by atoms with Gasteiger partial charge < -0.3 is 33.4 Å². The summed E-state index contributed by atoms with van der Waals surface area (Å²) in [6.07, 6.45) is 0. The van der Waals surface area contributed by atoms with Crippen molar-refractivity contribution in [1.82, 2.24) is 20.4 Å². The van der Waals surface area contributed by atoms with Gasteiger partial charge in [0.2, 0.25) is 10.3 Å². The lowest BCUT2D eigenvalue weighted by molar-refractivity contribution is 0.823. The van der Waals surface area contributed by atoms with Gasteiger partial charge in [-0.15, -0.1) is 20.4 Å². The van der Waals surface area contributed by atoms with Gasteiger partial charge in [0, 0.05) is 0 Å². The molecular weight excluding hydrogens is 260 g/mol. The van der Waals surface area contributed by atoms with Gasteiger partial charge in [-0.25, -0.2) is 0 Å². The Morgan fingerprint density at radius 3 is 1.12 bits per heavy atom. The molecular formula is C4H12N6O4S2. The van der Waals surface area contributed by atoms with Crippen molar-refractivity contribution in [3.8, 4) is 10.0 Å². The molecule has 0 unspecified atom stereocenters. The van der Waals surface area contributed by atoms with Crippen LogP contribution < -0.4 is 11.5 Å². The van der Waals surface area contributed by atoms with Crippen LogP contribution >= 0.6 is 22.7 Å². The minimum atomic E-state index is 0. The summed E-state index contributed by atoms with van der Waals surface area (Å²) in [4.78, 5) is 0. The fourth-order valence-corrected chi connectivity index (χ4v) is 1.87. The average molecular weight is 272 g/mol. The van der Waals surface area contributed by atoms with Crippen LogP contribution in [0.4, 0.5) is 10.3 Å². The fraction of sp³-hybridized carbons (Fsp3) is 0. The molecule has 0 aromatic carbocycles. The lowest BCUT2D eigenvalue weighted by atomic mass is 10.8. The Hall–Kier alpha value is -1.44. The van der Waals surface area contributed by atoms with Crippen LogP contribution in [0.25, 0.3) is 10.0 Å². The smallest absolute Gasteiger partial charge is 0.203 e. The molecule has 0 aliphatic heterocycles. The summed E-state index contributed by atoms with van der Waals surface area (Å²) in [7, 11) is 0. The summed E-state index contributed by atoms with van der Waals surface area (Å²) in [5.74, 6) is 0. The molecule has 0 radical (unpaired) electrons. The van der Waals surface area contributed by atoms with E-state index in [2.05, 4.69) is 20.4 Å². The van der Waals surface area contributed by atoms with E-state index in [1.165, 1.54) is 22.7 Å². The van der Waals surface area contributed by atoms with E-state index < -0.39 is 0 Å². The molecule has 12 N–H and O–H groups in total. The Kier molecular flexibility index (Phi) is 9.77. The van der Waals surface area contributed by atoms with Crippen LogP contribution in [-0.4, -0.2) is 42.3 Å². The zero-order chi connectivity index (χ0) is 8.55. The van der Waals surface area contributed by atoms with E-state index in [-0.39, 0.29) is 21.9 Å². The lowest BCUT2D eigenvalue weighted by Gasteiger charge is -1.79. The molecule has 10 nitrogen and oxygen atoms in total. The second-order valence-corrected chi connectivity index (χ2v) is 3.91. The Bertz CT molecular complexity index is 366. The third-order valence-electron chi connectivity index (χ3n) is 1.06. The van der Waals surface area contributed by atoms with Gasteiger partial charge in [-0.3, -0.25) is 0 Å². The number of nitrogen functional groups attached to an aromatic ring is 2. The first-order valence-electron chi connectivity index (χ1n) is 2.94. The molecule has 0 fully saturated rings. The van der Waals surface area contributed by atoms with Gasteiger partial charge in [0.1, 0.15) is 0 Å². The first-order chi connectivity index (χ1) is 5.75. The minimum absolute atomic E-state index is 0. The molecule has 0 aliphatic rings. The van der Waals surface area contributed by atoms with Crippen molar-refractivity contribution in [2.24, 2.45) is 0 Å². The highest BCUT2D eigenvalue weighted by Crippen LogP contribution is 2.27. The molecule has 0 saturated heterocycles. The van der Waals surface area contributed by atoms with E-state index >= 15 is 0 Å². The highest BCUT2D eigenvalue weighted by atomic mass is 32.1. The lowest BCUT2D eigenvalue weighted by Crippen LogP contribution is -1.80. The molecule has 2 aromatic rings. The van der Waals surface area contributed by atoms with E-state index in [9.17, 15) is 0 Å². The quantitative estimate of drug-likeness (QED) is 0.545. The highest BCUT2D eigenvalue weighted by molar-refractivity contribution is 7.24. The predicted molar refractivity (Wildman–Crippen MR) is 62.1 cm³/mol.